The number of aromatic nitrogens is 2. The molecular formula is C21H17FN2O. The number of fused-ring (bicyclic) bond motifs is 1. The van der Waals surface area contributed by atoms with Gasteiger partial charge in [0.15, 0.2) is 0 Å². The fourth-order valence-corrected chi connectivity index (χ4v) is 3.09. The van der Waals surface area contributed by atoms with Crippen molar-refractivity contribution in [3.05, 3.63) is 84.2 Å². The molecule has 0 aliphatic heterocycles. The summed E-state index contributed by atoms with van der Waals surface area (Å²) in [6, 6.07) is 22.4. The van der Waals surface area contributed by atoms with E-state index < -0.39 is 0 Å². The predicted octanol–water partition coefficient (Wildman–Crippen LogP) is 4.90. The summed E-state index contributed by atoms with van der Waals surface area (Å²) < 4.78 is 21.9. The van der Waals surface area contributed by atoms with E-state index in [1.54, 1.807) is 19.2 Å². The molecule has 124 valence electrons. The van der Waals surface area contributed by atoms with E-state index in [4.69, 9.17) is 4.74 Å². The molecule has 0 spiro atoms. The molecule has 0 aliphatic carbocycles. The molecule has 25 heavy (non-hydrogen) atoms. The van der Waals surface area contributed by atoms with Gasteiger partial charge in [-0.15, -0.1) is 0 Å². The van der Waals surface area contributed by atoms with Crippen LogP contribution >= 0.6 is 0 Å². The maximum absolute atomic E-state index is 14.4. The van der Waals surface area contributed by atoms with E-state index in [2.05, 4.69) is 4.98 Å². The second-order valence-corrected chi connectivity index (χ2v) is 5.80. The first-order valence-corrected chi connectivity index (χ1v) is 8.10. The van der Waals surface area contributed by atoms with Gasteiger partial charge in [-0.05, 0) is 30.3 Å². The lowest BCUT2D eigenvalue weighted by Crippen LogP contribution is -2.04. The second kappa shape index (κ2) is 6.40. The number of para-hydroxylation sites is 3. The smallest absolute Gasteiger partial charge is 0.144 e. The van der Waals surface area contributed by atoms with E-state index >= 15 is 0 Å². The number of halogens is 1. The molecule has 1 heterocycles. The Labute approximate surface area is 145 Å². The number of nitrogens with zero attached hydrogens (tertiary/aromatic N) is 2. The van der Waals surface area contributed by atoms with Crippen molar-refractivity contribution >= 4 is 11.0 Å². The van der Waals surface area contributed by atoms with Gasteiger partial charge in [-0.1, -0.05) is 42.5 Å². The predicted molar refractivity (Wildman–Crippen MR) is 97.2 cm³/mol. The molecule has 4 aromatic rings. The Kier molecular flexibility index (Phi) is 3.94. The van der Waals surface area contributed by atoms with Gasteiger partial charge < -0.3 is 9.30 Å². The Hall–Kier alpha value is -3.14. The first-order valence-electron chi connectivity index (χ1n) is 8.10. The maximum atomic E-state index is 14.4. The van der Waals surface area contributed by atoms with Crippen molar-refractivity contribution in [2.24, 2.45) is 0 Å². The number of hydrogen-bond donors (Lipinski definition) is 0. The highest BCUT2D eigenvalue weighted by Crippen LogP contribution is 2.29. The van der Waals surface area contributed by atoms with Gasteiger partial charge >= 0.3 is 0 Å². The van der Waals surface area contributed by atoms with Crippen LogP contribution in [0.4, 0.5) is 4.39 Å². The van der Waals surface area contributed by atoms with Crippen molar-refractivity contribution in [2.75, 3.05) is 7.11 Å². The van der Waals surface area contributed by atoms with Gasteiger partial charge in [-0.3, -0.25) is 0 Å². The summed E-state index contributed by atoms with van der Waals surface area (Å²) in [6.07, 6.45) is 0. The standard InChI is InChI=1S/C21H17FN2O/c1-25-20-13-7-2-8-15(20)14-24-19-12-6-5-11-18(19)23-21(24)16-9-3-4-10-17(16)22/h2-13H,14H2,1H3. The number of ether oxygens (including phenoxy) is 1. The van der Waals surface area contributed by atoms with Gasteiger partial charge in [0.2, 0.25) is 0 Å². The summed E-state index contributed by atoms with van der Waals surface area (Å²) in [5.74, 6) is 1.14. The van der Waals surface area contributed by atoms with E-state index in [-0.39, 0.29) is 5.82 Å². The monoisotopic (exact) mass is 332 g/mol. The van der Waals surface area contributed by atoms with Crippen LogP contribution in [0.25, 0.3) is 22.4 Å². The van der Waals surface area contributed by atoms with Crippen LogP contribution in [0.15, 0.2) is 72.8 Å². The Balaban J connectivity index is 1.93. The third-order valence-electron chi connectivity index (χ3n) is 4.29. The summed E-state index contributed by atoms with van der Waals surface area (Å²) in [4.78, 5) is 4.68. The normalized spacial score (nSPS) is 11.0. The van der Waals surface area contributed by atoms with Gasteiger partial charge in [0.05, 0.1) is 30.3 Å². The van der Waals surface area contributed by atoms with Crippen molar-refractivity contribution in [1.82, 2.24) is 9.55 Å². The number of imidazole rings is 1. The Morgan fingerprint density at radius 2 is 1.64 bits per heavy atom. The molecule has 3 aromatic carbocycles. The van der Waals surface area contributed by atoms with Crippen molar-refractivity contribution in [2.45, 2.75) is 6.54 Å². The van der Waals surface area contributed by atoms with Crippen molar-refractivity contribution < 1.29 is 9.13 Å². The summed E-state index contributed by atoms with van der Waals surface area (Å²) in [5, 5.41) is 0. The van der Waals surface area contributed by atoms with Crippen LogP contribution in [0, 0.1) is 5.82 Å². The Morgan fingerprint density at radius 1 is 0.920 bits per heavy atom. The molecule has 0 unspecified atom stereocenters. The van der Waals surface area contributed by atoms with E-state index in [0.717, 1.165) is 22.3 Å². The molecule has 0 amide bonds. The number of methoxy groups -OCH3 is 1. The quantitative estimate of drug-likeness (QED) is 0.531. The van der Waals surface area contributed by atoms with Crippen molar-refractivity contribution in [1.29, 1.82) is 0 Å². The van der Waals surface area contributed by atoms with Crippen LogP contribution in [-0.2, 0) is 6.54 Å². The van der Waals surface area contributed by atoms with Crippen LogP contribution in [0.3, 0.4) is 0 Å². The molecule has 0 radical (unpaired) electrons. The molecule has 0 atom stereocenters. The van der Waals surface area contributed by atoms with Crippen LogP contribution < -0.4 is 4.74 Å². The fraction of sp³-hybridized carbons (Fsp3) is 0.0952. The molecule has 0 bridgehead atoms. The van der Waals surface area contributed by atoms with E-state index in [1.807, 2.05) is 59.2 Å². The first kappa shape index (κ1) is 15.4. The van der Waals surface area contributed by atoms with Crippen molar-refractivity contribution in [3.8, 4) is 17.1 Å². The van der Waals surface area contributed by atoms with E-state index in [9.17, 15) is 4.39 Å². The van der Waals surface area contributed by atoms with E-state index in [1.165, 1.54) is 6.07 Å². The largest absolute Gasteiger partial charge is 0.496 e. The summed E-state index contributed by atoms with van der Waals surface area (Å²) in [6.45, 7) is 0.550. The molecular weight excluding hydrogens is 315 g/mol. The third-order valence-corrected chi connectivity index (χ3v) is 4.29. The van der Waals surface area contributed by atoms with Gasteiger partial charge in [0.25, 0.3) is 0 Å². The highest BCUT2D eigenvalue weighted by Gasteiger charge is 2.16. The van der Waals surface area contributed by atoms with Crippen molar-refractivity contribution in [3.63, 3.8) is 0 Å². The highest BCUT2D eigenvalue weighted by molar-refractivity contribution is 5.81. The average molecular weight is 332 g/mol. The minimum Gasteiger partial charge on any atom is -0.496 e. The Morgan fingerprint density at radius 3 is 2.48 bits per heavy atom. The van der Waals surface area contributed by atoms with Gasteiger partial charge in [-0.2, -0.15) is 0 Å². The molecule has 0 saturated heterocycles. The zero-order chi connectivity index (χ0) is 17.2. The topological polar surface area (TPSA) is 27.1 Å². The molecule has 4 rings (SSSR count). The average Bonchev–Trinajstić information content (AvgIpc) is 3.01. The lowest BCUT2D eigenvalue weighted by Gasteiger charge is -2.13. The number of benzene rings is 3. The zero-order valence-electron chi connectivity index (χ0n) is 13.8. The molecule has 0 fully saturated rings. The van der Waals surface area contributed by atoms with Crippen LogP contribution in [0.2, 0.25) is 0 Å². The zero-order valence-corrected chi connectivity index (χ0v) is 13.8. The van der Waals surface area contributed by atoms with Gasteiger partial charge in [-0.25, -0.2) is 9.37 Å². The maximum Gasteiger partial charge on any atom is 0.144 e. The SMILES string of the molecule is COc1ccccc1Cn1c(-c2ccccc2F)nc2ccccc21. The van der Waals surface area contributed by atoms with Crippen LogP contribution in [0.5, 0.6) is 5.75 Å². The van der Waals surface area contributed by atoms with Crippen LogP contribution in [-0.4, -0.2) is 16.7 Å². The second-order valence-electron chi connectivity index (χ2n) is 5.80. The minimum atomic E-state index is -0.279. The highest BCUT2D eigenvalue weighted by atomic mass is 19.1. The lowest BCUT2D eigenvalue weighted by atomic mass is 10.1. The first-order chi connectivity index (χ1) is 12.3. The molecule has 3 nitrogen and oxygen atoms in total. The third kappa shape index (κ3) is 2.76. The summed E-state index contributed by atoms with van der Waals surface area (Å²) >= 11 is 0. The van der Waals surface area contributed by atoms with E-state index in [0.29, 0.717) is 17.9 Å². The number of hydrogen-bond acceptors (Lipinski definition) is 2. The molecule has 0 aliphatic rings. The van der Waals surface area contributed by atoms with Crippen LogP contribution in [0.1, 0.15) is 5.56 Å². The molecule has 0 saturated carbocycles. The molecule has 0 N–H and O–H groups in total. The van der Waals surface area contributed by atoms with Gasteiger partial charge in [0, 0.05) is 5.56 Å². The minimum absolute atomic E-state index is 0.279. The fourth-order valence-electron chi connectivity index (χ4n) is 3.09. The number of rotatable bonds is 4. The Bertz CT molecular complexity index is 1040. The lowest BCUT2D eigenvalue weighted by molar-refractivity contribution is 0.408. The molecule has 4 heteroatoms. The van der Waals surface area contributed by atoms with Gasteiger partial charge in [0.1, 0.15) is 17.4 Å². The summed E-state index contributed by atoms with van der Waals surface area (Å²) in [5.41, 5.74) is 3.32. The summed E-state index contributed by atoms with van der Waals surface area (Å²) in [7, 11) is 1.66. The molecule has 1 aromatic heterocycles.